The van der Waals surface area contributed by atoms with Crippen LogP contribution in [0.2, 0.25) is 0 Å². The average molecular weight is 212 g/mol. The highest BCUT2D eigenvalue weighted by Gasteiger charge is 2.46. The second-order valence-corrected chi connectivity index (χ2v) is 4.45. The Morgan fingerprint density at radius 1 is 1.12 bits per heavy atom. The van der Waals surface area contributed by atoms with Crippen LogP contribution in [-0.4, -0.2) is 11.4 Å². The summed E-state index contributed by atoms with van der Waals surface area (Å²) < 4.78 is 0. The molecular formula is C14H12O2. The normalized spacial score (nSPS) is 17.2. The maximum absolute atomic E-state index is 11.2. The van der Waals surface area contributed by atoms with Crippen molar-refractivity contribution in [3.8, 4) is 5.75 Å². The molecule has 2 nitrogen and oxygen atoms in total. The molecule has 0 amide bonds. The molecule has 0 spiro atoms. The number of rotatable bonds is 2. The first-order chi connectivity index (χ1) is 7.77. The Morgan fingerprint density at radius 2 is 1.88 bits per heavy atom. The number of aldehydes is 1. The van der Waals surface area contributed by atoms with Crippen LogP contribution in [-0.2, 0) is 10.2 Å². The van der Waals surface area contributed by atoms with E-state index in [2.05, 4.69) is 0 Å². The van der Waals surface area contributed by atoms with E-state index in [4.69, 9.17) is 0 Å². The minimum atomic E-state index is -0.426. The van der Waals surface area contributed by atoms with Gasteiger partial charge < -0.3 is 9.90 Å². The maximum Gasteiger partial charge on any atom is 0.130 e. The van der Waals surface area contributed by atoms with Gasteiger partial charge >= 0.3 is 0 Å². The number of phenolic OH excluding ortho intramolecular Hbond substituents is 1. The molecule has 1 saturated carbocycles. The summed E-state index contributed by atoms with van der Waals surface area (Å²) in [6.45, 7) is 0. The Morgan fingerprint density at radius 3 is 2.56 bits per heavy atom. The zero-order valence-electron chi connectivity index (χ0n) is 8.81. The summed E-state index contributed by atoms with van der Waals surface area (Å²) in [4.78, 5) is 11.2. The second-order valence-electron chi connectivity index (χ2n) is 4.45. The molecule has 0 unspecified atom stereocenters. The molecule has 1 aliphatic rings. The highest BCUT2D eigenvalue weighted by molar-refractivity contribution is 5.93. The van der Waals surface area contributed by atoms with Crippen molar-refractivity contribution >= 4 is 17.1 Å². The molecule has 0 aromatic heterocycles. The predicted molar refractivity (Wildman–Crippen MR) is 62.6 cm³/mol. The van der Waals surface area contributed by atoms with Gasteiger partial charge in [0.25, 0.3) is 0 Å². The van der Waals surface area contributed by atoms with Crippen molar-refractivity contribution in [2.45, 2.75) is 18.3 Å². The molecule has 0 heterocycles. The van der Waals surface area contributed by atoms with Crippen LogP contribution in [0.5, 0.6) is 5.75 Å². The maximum atomic E-state index is 11.2. The van der Waals surface area contributed by atoms with Crippen molar-refractivity contribution < 1.29 is 9.90 Å². The molecule has 16 heavy (non-hydrogen) atoms. The molecule has 1 fully saturated rings. The Hall–Kier alpha value is -1.83. The van der Waals surface area contributed by atoms with Gasteiger partial charge in [-0.15, -0.1) is 0 Å². The number of carbonyl (C=O) groups is 1. The smallest absolute Gasteiger partial charge is 0.130 e. The third-order valence-electron chi connectivity index (χ3n) is 3.42. The largest absolute Gasteiger partial charge is 0.508 e. The van der Waals surface area contributed by atoms with Crippen molar-refractivity contribution in [2.75, 3.05) is 0 Å². The van der Waals surface area contributed by atoms with Crippen molar-refractivity contribution in [3.05, 3.63) is 42.0 Å². The molecule has 2 aromatic rings. The number of hydrogen-bond acceptors (Lipinski definition) is 2. The molecule has 3 rings (SSSR count). The predicted octanol–water partition coefficient (Wildman–Crippen LogP) is 2.78. The van der Waals surface area contributed by atoms with Gasteiger partial charge in [0.2, 0.25) is 0 Å². The zero-order chi connectivity index (χ0) is 11.2. The van der Waals surface area contributed by atoms with Crippen molar-refractivity contribution in [1.29, 1.82) is 0 Å². The second kappa shape index (κ2) is 3.08. The Kier molecular flexibility index (Phi) is 1.81. The average Bonchev–Trinajstić information content (AvgIpc) is 3.10. The zero-order valence-corrected chi connectivity index (χ0v) is 8.81. The highest BCUT2D eigenvalue weighted by atomic mass is 16.3. The molecular weight excluding hydrogens is 200 g/mol. The topological polar surface area (TPSA) is 37.3 Å². The number of aromatic hydroxyl groups is 1. The molecule has 2 heteroatoms. The van der Waals surface area contributed by atoms with E-state index in [0.29, 0.717) is 0 Å². The summed E-state index contributed by atoms with van der Waals surface area (Å²) in [5.74, 6) is 0.239. The number of fused-ring (bicyclic) bond motifs is 1. The van der Waals surface area contributed by atoms with E-state index < -0.39 is 5.41 Å². The SMILES string of the molecule is O=CC1(c2c(O)ccc3ccccc23)CC1. The van der Waals surface area contributed by atoms with Gasteiger partial charge in [-0.05, 0) is 29.7 Å². The first kappa shape index (κ1) is 9.40. The molecule has 1 N–H and O–H groups in total. The van der Waals surface area contributed by atoms with Gasteiger partial charge in [-0.3, -0.25) is 0 Å². The molecule has 0 atom stereocenters. The summed E-state index contributed by atoms with van der Waals surface area (Å²) in [6.07, 6.45) is 2.67. The standard InChI is InChI=1S/C14H12O2/c15-9-14(7-8-14)13-11-4-2-1-3-10(11)5-6-12(13)16/h1-6,9,16H,7-8H2. The molecule has 0 radical (unpaired) electrons. The summed E-state index contributed by atoms with van der Waals surface area (Å²) in [7, 11) is 0. The van der Waals surface area contributed by atoms with E-state index in [1.807, 2.05) is 30.3 Å². The summed E-state index contributed by atoms with van der Waals surface area (Å²) >= 11 is 0. The number of benzene rings is 2. The van der Waals surface area contributed by atoms with Crippen LogP contribution in [0, 0.1) is 0 Å². The third kappa shape index (κ3) is 1.16. The molecule has 0 bridgehead atoms. The van der Waals surface area contributed by atoms with Crippen LogP contribution >= 0.6 is 0 Å². The number of phenols is 1. The van der Waals surface area contributed by atoms with E-state index in [9.17, 15) is 9.90 Å². The van der Waals surface area contributed by atoms with Gasteiger partial charge in [-0.1, -0.05) is 30.3 Å². The summed E-state index contributed by atoms with van der Waals surface area (Å²) in [6, 6.07) is 11.4. The van der Waals surface area contributed by atoms with Crippen molar-refractivity contribution in [1.82, 2.24) is 0 Å². The Balaban J connectivity index is 2.37. The third-order valence-corrected chi connectivity index (χ3v) is 3.42. The van der Waals surface area contributed by atoms with Crippen LogP contribution in [0.1, 0.15) is 18.4 Å². The minimum absolute atomic E-state index is 0.239. The lowest BCUT2D eigenvalue weighted by molar-refractivity contribution is -0.109. The van der Waals surface area contributed by atoms with Gasteiger partial charge in [0.1, 0.15) is 12.0 Å². The van der Waals surface area contributed by atoms with E-state index in [1.54, 1.807) is 6.07 Å². The minimum Gasteiger partial charge on any atom is -0.508 e. The fourth-order valence-corrected chi connectivity index (χ4v) is 2.34. The number of hydrogen-bond donors (Lipinski definition) is 1. The fourth-order valence-electron chi connectivity index (χ4n) is 2.34. The van der Waals surface area contributed by atoms with Gasteiger partial charge in [-0.25, -0.2) is 0 Å². The number of carbonyl (C=O) groups excluding carboxylic acids is 1. The van der Waals surface area contributed by atoms with Crippen LogP contribution < -0.4 is 0 Å². The van der Waals surface area contributed by atoms with E-state index in [1.165, 1.54) is 0 Å². The molecule has 2 aromatic carbocycles. The summed E-state index contributed by atoms with van der Waals surface area (Å²) in [5.41, 5.74) is 0.380. The Labute approximate surface area is 93.5 Å². The highest BCUT2D eigenvalue weighted by Crippen LogP contribution is 2.51. The molecule has 0 aliphatic heterocycles. The van der Waals surface area contributed by atoms with Gasteiger partial charge in [-0.2, -0.15) is 0 Å². The van der Waals surface area contributed by atoms with Gasteiger partial charge in [0, 0.05) is 5.56 Å². The summed E-state index contributed by atoms with van der Waals surface area (Å²) in [5, 5.41) is 12.0. The van der Waals surface area contributed by atoms with Crippen LogP contribution in [0.15, 0.2) is 36.4 Å². The quantitative estimate of drug-likeness (QED) is 0.777. The molecule has 1 aliphatic carbocycles. The van der Waals surface area contributed by atoms with Crippen LogP contribution in [0.4, 0.5) is 0 Å². The lowest BCUT2D eigenvalue weighted by Crippen LogP contribution is -2.08. The van der Waals surface area contributed by atoms with Crippen molar-refractivity contribution in [2.24, 2.45) is 0 Å². The first-order valence-electron chi connectivity index (χ1n) is 5.44. The lowest BCUT2D eigenvalue weighted by Gasteiger charge is -2.13. The molecule has 80 valence electrons. The van der Waals surface area contributed by atoms with Crippen LogP contribution in [0.25, 0.3) is 10.8 Å². The van der Waals surface area contributed by atoms with E-state index in [0.717, 1.165) is 35.5 Å². The monoisotopic (exact) mass is 212 g/mol. The van der Waals surface area contributed by atoms with E-state index >= 15 is 0 Å². The fraction of sp³-hybridized carbons (Fsp3) is 0.214. The van der Waals surface area contributed by atoms with Gasteiger partial charge in [0.05, 0.1) is 5.41 Å². The Bertz CT molecular complexity index is 568. The van der Waals surface area contributed by atoms with Crippen LogP contribution in [0.3, 0.4) is 0 Å². The lowest BCUT2D eigenvalue weighted by atomic mass is 9.91. The molecule has 0 saturated heterocycles. The van der Waals surface area contributed by atoms with Gasteiger partial charge in [0.15, 0.2) is 0 Å². The van der Waals surface area contributed by atoms with Crippen molar-refractivity contribution in [3.63, 3.8) is 0 Å². The van der Waals surface area contributed by atoms with E-state index in [-0.39, 0.29) is 5.75 Å². The first-order valence-corrected chi connectivity index (χ1v) is 5.44.